The Labute approximate surface area is 100 Å². The Morgan fingerprint density at radius 2 is 2.24 bits per heavy atom. The second-order valence-corrected chi connectivity index (χ2v) is 4.97. The number of carbonyl (C=O) groups is 1. The molecule has 0 aromatic carbocycles. The highest BCUT2D eigenvalue weighted by Gasteiger charge is 2.49. The molecule has 1 aliphatic rings. The minimum atomic E-state index is -0.838. The lowest BCUT2D eigenvalue weighted by molar-refractivity contribution is -0.128. The molecule has 2 N–H and O–H groups in total. The van der Waals surface area contributed by atoms with E-state index in [1.54, 1.807) is 0 Å². The lowest BCUT2D eigenvalue weighted by Gasteiger charge is -2.39. The number of nitrogens with zero attached hydrogens (tertiary/aromatic N) is 2. The van der Waals surface area contributed by atoms with Crippen LogP contribution in [0.25, 0.3) is 0 Å². The Hall–Kier alpha value is -1.83. The first-order valence-corrected chi connectivity index (χ1v) is 5.73. The fraction of sp³-hybridized carbons (Fsp3) is 0.583. The average Bonchev–Trinajstić information content (AvgIpc) is 2.56. The summed E-state index contributed by atoms with van der Waals surface area (Å²) in [5.74, 6) is 0.248. The maximum atomic E-state index is 12.1. The molecule has 1 saturated carbocycles. The molecular weight excluding hydrogens is 216 g/mol. The summed E-state index contributed by atoms with van der Waals surface area (Å²) in [6, 6.07) is 2.15. The summed E-state index contributed by atoms with van der Waals surface area (Å²) in [5, 5.41) is 18.8. The SMILES string of the molecule is Cc1n[nH]c(C)c1NC(=O)C1(C#N)CC(C)C1. The number of nitriles is 1. The van der Waals surface area contributed by atoms with E-state index in [1.807, 2.05) is 13.8 Å². The molecule has 5 heteroatoms. The topological polar surface area (TPSA) is 81.6 Å². The Balaban J connectivity index is 2.15. The summed E-state index contributed by atoms with van der Waals surface area (Å²) in [6.45, 7) is 5.72. The monoisotopic (exact) mass is 232 g/mol. The van der Waals surface area contributed by atoms with Gasteiger partial charge in [-0.3, -0.25) is 9.89 Å². The van der Waals surface area contributed by atoms with Crippen molar-refractivity contribution in [3.05, 3.63) is 11.4 Å². The smallest absolute Gasteiger partial charge is 0.244 e. The summed E-state index contributed by atoms with van der Waals surface area (Å²) >= 11 is 0. The van der Waals surface area contributed by atoms with Crippen LogP contribution in [0.4, 0.5) is 5.69 Å². The number of rotatable bonds is 2. The first-order chi connectivity index (χ1) is 7.98. The van der Waals surface area contributed by atoms with Crippen molar-refractivity contribution in [2.24, 2.45) is 11.3 Å². The van der Waals surface area contributed by atoms with Crippen molar-refractivity contribution in [3.8, 4) is 6.07 Å². The van der Waals surface area contributed by atoms with Gasteiger partial charge < -0.3 is 5.32 Å². The van der Waals surface area contributed by atoms with Gasteiger partial charge >= 0.3 is 0 Å². The summed E-state index contributed by atoms with van der Waals surface area (Å²) in [6.07, 6.45) is 1.29. The van der Waals surface area contributed by atoms with E-state index in [2.05, 4.69) is 28.5 Å². The fourth-order valence-electron chi connectivity index (χ4n) is 2.43. The van der Waals surface area contributed by atoms with Crippen LogP contribution >= 0.6 is 0 Å². The third-order valence-electron chi connectivity index (χ3n) is 3.41. The number of nitrogens with one attached hydrogen (secondary N) is 2. The maximum Gasteiger partial charge on any atom is 0.244 e. The van der Waals surface area contributed by atoms with Crippen molar-refractivity contribution in [1.29, 1.82) is 5.26 Å². The summed E-state index contributed by atoms with van der Waals surface area (Å²) < 4.78 is 0. The Kier molecular flexibility index (Phi) is 2.66. The van der Waals surface area contributed by atoms with Crippen molar-refractivity contribution < 1.29 is 4.79 Å². The normalized spacial score (nSPS) is 27.1. The molecule has 1 aliphatic carbocycles. The third-order valence-corrected chi connectivity index (χ3v) is 3.41. The Morgan fingerprint density at radius 3 is 2.65 bits per heavy atom. The molecule has 1 aromatic heterocycles. The third kappa shape index (κ3) is 1.80. The van der Waals surface area contributed by atoms with Gasteiger partial charge in [0, 0.05) is 0 Å². The number of anilines is 1. The van der Waals surface area contributed by atoms with E-state index >= 15 is 0 Å². The Bertz CT molecular complexity index is 472. The second-order valence-electron chi connectivity index (χ2n) is 4.97. The molecule has 0 unspecified atom stereocenters. The van der Waals surface area contributed by atoms with E-state index in [0.29, 0.717) is 24.4 Å². The standard InChI is InChI=1S/C12H16N4O/c1-7-4-12(5-7,6-13)11(17)14-10-8(2)15-16-9(10)3/h7H,4-5H2,1-3H3,(H,14,17)(H,15,16). The molecule has 1 amide bonds. The van der Waals surface area contributed by atoms with Crippen LogP contribution in [-0.2, 0) is 4.79 Å². The number of aromatic nitrogens is 2. The van der Waals surface area contributed by atoms with Gasteiger partial charge in [0.05, 0.1) is 23.1 Å². The van der Waals surface area contributed by atoms with Crippen molar-refractivity contribution in [3.63, 3.8) is 0 Å². The molecule has 0 spiro atoms. The quantitative estimate of drug-likeness (QED) is 0.817. The van der Waals surface area contributed by atoms with Gasteiger partial charge in [-0.25, -0.2) is 0 Å². The minimum Gasteiger partial charge on any atom is -0.322 e. The summed E-state index contributed by atoms with van der Waals surface area (Å²) in [4.78, 5) is 12.1. The predicted molar refractivity (Wildman–Crippen MR) is 63.1 cm³/mol. The van der Waals surface area contributed by atoms with Gasteiger partial charge in [0.2, 0.25) is 5.91 Å². The molecule has 5 nitrogen and oxygen atoms in total. The number of aromatic amines is 1. The van der Waals surface area contributed by atoms with E-state index in [-0.39, 0.29) is 5.91 Å². The van der Waals surface area contributed by atoms with Crippen LogP contribution in [0.15, 0.2) is 0 Å². The lowest BCUT2D eigenvalue weighted by Crippen LogP contribution is -2.45. The molecule has 90 valence electrons. The fourth-order valence-corrected chi connectivity index (χ4v) is 2.43. The summed E-state index contributed by atoms with van der Waals surface area (Å²) in [7, 11) is 0. The molecule has 2 rings (SSSR count). The van der Waals surface area contributed by atoms with Crippen LogP contribution in [0, 0.1) is 36.5 Å². The van der Waals surface area contributed by atoms with Gasteiger partial charge in [0.1, 0.15) is 5.41 Å². The molecule has 0 saturated heterocycles. The van der Waals surface area contributed by atoms with Crippen LogP contribution < -0.4 is 5.32 Å². The van der Waals surface area contributed by atoms with E-state index in [4.69, 9.17) is 5.26 Å². The second kappa shape index (κ2) is 3.88. The van der Waals surface area contributed by atoms with Gasteiger partial charge in [-0.05, 0) is 32.6 Å². The minimum absolute atomic E-state index is 0.203. The van der Waals surface area contributed by atoms with Crippen molar-refractivity contribution in [2.45, 2.75) is 33.6 Å². The van der Waals surface area contributed by atoms with Gasteiger partial charge in [0.15, 0.2) is 0 Å². The molecule has 17 heavy (non-hydrogen) atoms. The van der Waals surface area contributed by atoms with Gasteiger partial charge in [-0.1, -0.05) is 6.92 Å². The summed E-state index contributed by atoms with van der Waals surface area (Å²) in [5.41, 5.74) is 1.42. The largest absolute Gasteiger partial charge is 0.322 e. The first-order valence-electron chi connectivity index (χ1n) is 5.73. The van der Waals surface area contributed by atoms with E-state index in [0.717, 1.165) is 11.4 Å². The van der Waals surface area contributed by atoms with Crippen molar-refractivity contribution >= 4 is 11.6 Å². The number of H-pyrrole nitrogens is 1. The lowest BCUT2D eigenvalue weighted by atomic mass is 9.63. The molecule has 1 heterocycles. The van der Waals surface area contributed by atoms with E-state index < -0.39 is 5.41 Å². The number of hydrogen-bond donors (Lipinski definition) is 2. The zero-order chi connectivity index (χ0) is 12.6. The van der Waals surface area contributed by atoms with Crippen LogP contribution in [0.5, 0.6) is 0 Å². The van der Waals surface area contributed by atoms with Gasteiger partial charge in [-0.2, -0.15) is 10.4 Å². The molecule has 0 bridgehead atoms. The van der Waals surface area contributed by atoms with Crippen LogP contribution in [-0.4, -0.2) is 16.1 Å². The molecule has 0 aliphatic heterocycles. The number of aryl methyl sites for hydroxylation is 2. The Morgan fingerprint density at radius 1 is 1.59 bits per heavy atom. The average molecular weight is 232 g/mol. The molecular formula is C12H16N4O. The molecule has 1 aromatic rings. The maximum absolute atomic E-state index is 12.1. The highest BCUT2D eigenvalue weighted by atomic mass is 16.2. The van der Waals surface area contributed by atoms with Crippen molar-refractivity contribution in [1.82, 2.24) is 10.2 Å². The first kappa shape index (κ1) is 11.6. The van der Waals surface area contributed by atoms with Gasteiger partial charge in [0.25, 0.3) is 0 Å². The molecule has 1 fully saturated rings. The van der Waals surface area contributed by atoms with E-state index in [9.17, 15) is 4.79 Å². The van der Waals surface area contributed by atoms with Crippen molar-refractivity contribution in [2.75, 3.05) is 5.32 Å². The highest BCUT2D eigenvalue weighted by Crippen LogP contribution is 2.45. The number of hydrogen-bond acceptors (Lipinski definition) is 3. The highest BCUT2D eigenvalue weighted by molar-refractivity contribution is 5.98. The van der Waals surface area contributed by atoms with Crippen LogP contribution in [0.2, 0.25) is 0 Å². The molecule has 0 radical (unpaired) electrons. The number of amides is 1. The number of carbonyl (C=O) groups excluding carboxylic acids is 1. The van der Waals surface area contributed by atoms with Crippen LogP contribution in [0.3, 0.4) is 0 Å². The molecule has 0 atom stereocenters. The van der Waals surface area contributed by atoms with E-state index in [1.165, 1.54) is 0 Å². The zero-order valence-electron chi connectivity index (χ0n) is 10.3. The van der Waals surface area contributed by atoms with Gasteiger partial charge in [-0.15, -0.1) is 0 Å². The van der Waals surface area contributed by atoms with Crippen LogP contribution in [0.1, 0.15) is 31.2 Å². The zero-order valence-corrected chi connectivity index (χ0v) is 10.3. The predicted octanol–water partition coefficient (Wildman–Crippen LogP) is 1.90.